The second kappa shape index (κ2) is 6.04. The number of hydrogen-bond acceptors (Lipinski definition) is 2. The molecular formula is C14H14Cl2N2S. The lowest BCUT2D eigenvalue weighted by molar-refractivity contribution is 0.789. The van der Waals surface area contributed by atoms with E-state index in [2.05, 4.69) is 23.8 Å². The monoisotopic (exact) mass is 312 g/mol. The van der Waals surface area contributed by atoms with Gasteiger partial charge in [0.05, 0.1) is 10.0 Å². The molecule has 0 saturated heterocycles. The zero-order valence-electron chi connectivity index (χ0n) is 10.7. The summed E-state index contributed by atoms with van der Waals surface area (Å²) in [6.45, 7) is 4.23. The van der Waals surface area contributed by atoms with Gasteiger partial charge >= 0.3 is 0 Å². The number of aromatic nitrogens is 2. The third-order valence-corrected chi connectivity index (χ3v) is 3.74. The highest BCUT2D eigenvalue weighted by Gasteiger charge is 2.05. The van der Waals surface area contributed by atoms with Crippen molar-refractivity contribution in [3.05, 3.63) is 56.0 Å². The predicted molar refractivity (Wildman–Crippen MR) is 82.8 cm³/mol. The average molecular weight is 313 g/mol. The Morgan fingerprint density at radius 3 is 2.58 bits per heavy atom. The molecule has 0 bridgehead atoms. The summed E-state index contributed by atoms with van der Waals surface area (Å²) in [5, 5.41) is 1.11. The predicted octanol–water partition coefficient (Wildman–Crippen LogP) is 5.16. The van der Waals surface area contributed by atoms with E-state index in [9.17, 15) is 0 Å². The van der Waals surface area contributed by atoms with Gasteiger partial charge in [-0.3, -0.25) is 0 Å². The highest BCUT2D eigenvalue weighted by molar-refractivity contribution is 7.71. The molecule has 1 aromatic heterocycles. The summed E-state index contributed by atoms with van der Waals surface area (Å²) in [4.78, 5) is 7.66. The molecule has 100 valence electrons. The summed E-state index contributed by atoms with van der Waals surface area (Å²) < 4.78 is 0.609. The third-order valence-electron chi connectivity index (χ3n) is 2.79. The molecule has 2 rings (SSSR count). The standard InChI is InChI=1S/C14H14Cl2N2S/c1-8(2)12-7-14(19)18-13(17-12)6-9-3-4-10(15)11(16)5-9/h3-5,7-8H,6H2,1-2H3,(H,17,18,19). The van der Waals surface area contributed by atoms with Crippen LogP contribution in [0.1, 0.15) is 36.8 Å². The lowest BCUT2D eigenvalue weighted by atomic mass is 10.1. The molecule has 0 atom stereocenters. The Labute approximate surface area is 127 Å². The molecule has 0 aliphatic heterocycles. The minimum Gasteiger partial charge on any atom is -0.347 e. The van der Waals surface area contributed by atoms with Crippen LogP contribution in [-0.2, 0) is 6.42 Å². The molecule has 1 N–H and O–H groups in total. The van der Waals surface area contributed by atoms with Crippen molar-refractivity contribution in [3.8, 4) is 0 Å². The Morgan fingerprint density at radius 2 is 1.95 bits per heavy atom. The van der Waals surface area contributed by atoms with Crippen molar-refractivity contribution in [2.45, 2.75) is 26.2 Å². The minimum atomic E-state index is 0.386. The molecule has 2 aromatic rings. The molecule has 0 unspecified atom stereocenters. The van der Waals surface area contributed by atoms with Gasteiger partial charge in [-0.15, -0.1) is 0 Å². The zero-order chi connectivity index (χ0) is 14.0. The fraction of sp³-hybridized carbons (Fsp3) is 0.286. The molecule has 1 aromatic carbocycles. The number of aromatic amines is 1. The summed E-state index contributed by atoms with van der Waals surface area (Å²) in [6, 6.07) is 7.48. The molecule has 5 heteroatoms. The Balaban J connectivity index is 2.32. The van der Waals surface area contributed by atoms with Crippen molar-refractivity contribution in [2.24, 2.45) is 0 Å². The van der Waals surface area contributed by atoms with E-state index in [4.69, 9.17) is 35.4 Å². The number of nitrogens with one attached hydrogen (secondary N) is 1. The van der Waals surface area contributed by atoms with Gasteiger partial charge in [-0.2, -0.15) is 0 Å². The molecule has 0 radical (unpaired) electrons. The van der Waals surface area contributed by atoms with Crippen molar-refractivity contribution in [3.63, 3.8) is 0 Å². The van der Waals surface area contributed by atoms with Gasteiger partial charge in [-0.25, -0.2) is 4.98 Å². The van der Waals surface area contributed by atoms with Crippen molar-refractivity contribution < 1.29 is 0 Å². The first-order valence-electron chi connectivity index (χ1n) is 6.00. The molecule has 0 aliphatic rings. The van der Waals surface area contributed by atoms with Crippen molar-refractivity contribution in [1.82, 2.24) is 9.97 Å². The number of H-pyrrole nitrogens is 1. The quantitative estimate of drug-likeness (QED) is 0.793. The van der Waals surface area contributed by atoms with Crippen LogP contribution in [0.25, 0.3) is 0 Å². The Kier molecular flexibility index (Phi) is 4.61. The van der Waals surface area contributed by atoms with Gasteiger partial charge in [0.25, 0.3) is 0 Å². The van der Waals surface area contributed by atoms with E-state index in [1.165, 1.54) is 0 Å². The van der Waals surface area contributed by atoms with Gasteiger partial charge in [0.2, 0.25) is 0 Å². The number of nitrogens with zero attached hydrogens (tertiary/aromatic N) is 1. The maximum Gasteiger partial charge on any atom is 0.130 e. The van der Waals surface area contributed by atoms with Crippen LogP contribution in [0.15, 0.2) is 24.3 Å². The molecule has 1 heterocycles. The smallest absolute Gasteiger partial charge is 0.130 e. The van der Waals surface area contributed by atoms with Gasteiger partial charge in [0, 0.05) is 12.1 Å². The summed E-state index contributed by atoms with van der Waals surface area (Å²) >= 11 is 17.1. The van der Waals surface area contributed by atoms with Crippen LogP contribution in [0.2, 0.25) is 10.0 Å². The summed E-state index contributed by atoms with van der Waals surface area (Å²) in [5.41, 5.74) is 2.14. The Bertz CT molecular complexity index is 650. The van der Waals surface area contributed by atoms with E-state index < -0.39 is 0 Å². The summed E-state index contributed by atoms with van der Waals surface area (Å²) in [5.74, 6) is 1.23. The first-order valence-corrected chi connectivity index (χ1v) is 7.16. The molecule has 0 fully saturated rings. The number of halogens is 2. The highest BCUT2D eigenvalue weighted by Crippen LogP contribution is 2.23. The van der Waals surface area contributed by atoms with E-state index in [0.29, 0.717) is 27.0 Å². The van der Waals surface area contributed by atoms with Crippen LogP contribution in [0, 0.1) is 4.64 Å². The van der Waals surface area contributed by atoms with E-state index in [1.807, 2.05) is 18.2 Å². The summed E-state index contributed by atoms with van der Waals surface area (Å²) in [6.07, 6.45) is 0.654. The average Bonchev–Trinajstić information content (AvgIpc) is 2.33. The zero-order valence-corrected chi connectivity index (χ0v) is 13.0. The van der Waals surface area contributed by atoms with Gasteiger partial charge in [-0.1, -0.05) is 55.3 Å². The second-order valence-electron chi connectivity index (χ2n) is 4.70. The van der Waals surface area contributed by atoms with Crippen LogP contribution in [0.3, 0.4) is 0 Å². The second-order valence-corrected chi connectivity index (χ2v) is 5.93. The normalized spacial score (nSPS) is 11.0. The largest absolute Gasteiger partial charge is 0.347 e. The SMILES string of the molecule is CC(C)c1cc(=S)nc(Cc2ccc(Cl)c(Cl)c2)[nH]1. The number of benzene rings is 1. The van der Waals surface area contributed by atoms with Crippen molar-refractivity contribution in [1.29, 1.82) is 0 Å². The molecule has 0 aliphatic carbocycles. The van der Waals surface area contributed by atoms with Crippen LogP contribution >= 0.6 is 35.4 Å². The minimum absolute atomic E-state index is 0.386. The molecule has 19 heavy (non-hydrogen) atoms. The third kappa shape index (κ3) is 3.78. The van der Waals surface area contributed by atoms with Crippen LogP contribution < -0.4 is 0 Å². The van der Waals surface area contributed by atoms with Crippen LogP contribution in [-0.4, -0.2) is 9.97 Å². The van der Waals surface area contributed by atoms with E-state index >= 15 is 0 Å². The van der Waals surface area contributed by atoms with Crippen LogP contribution in [0.5, 0.6) is 0 Å². The first-order chi connectivity index (χ1) is 8.95. The van der Waals surface area contributed by atoms with E-state index in [-0.39, 0.29) is 0 Å². The number of hydrogen-bond donors (Lipinski definition) is 1. The van der Waals surface area contributed by atoms with Crippen LogP contribution in [0.4, 0.5) is 0 Å². The fourth-order valence-corrected chi connectivity index (χ4v) is 2.32. The van der Waals surface area contributed by atoms with E-state index in [0.717, 1.165) is 17.1 Å². The maximum atomic E-state index is 6.01. The Morgan fingerprint density at radius 1 is 1.21 bits per heavy atom. The van der Waals surface area contributed by atoms with E-state index in [1.54, 1.807) is 6.07 Å². The van der Waals surface area contributed by atoms with Crippen molar-refractivity contribution >= 4 is 35.4 Å². The molecule has 0 spiro atoms. The molecule has 0 saturated carbocycles. The van der Waals surface area contributed by atoms with Gasteiger partial charge in [0.15, 0.2) is 0 Å². The van der Waals surface area contributed by atoms with Gasteiger partial charge in [0.1, 0.15) is 10.5 Å². The lowest BCUT2D eigenvalue weighted by Gasteiger charge is -2.09. The van der Waals surface area contributed by atoms with Gasteiger partial charge < -0.3 is 4.98 Å². The lowest BCUT2D eigenvalue weighted by Crippen LogP contribution is -2.02. The Hall–Kier alpha value is -0.900. The number of rotatable bonds is 3. The van der Waals surface area contributed by atoms with Crippen molar-refractivity contribution in [2.75, 3.05) is 0 Å². The topological polar surface area (TPSA) is 28.7 Å². The maximum absolute atomic E-state index is 6.01. The highest BCUT2D eigenvalue weighted by atomic mass is 35.5. The fourth-order valence-electron chi connectivity index (χ4n) is 1.77. The molecule has 0 amide bonds. The molecular weight excluding hydrogens is 299 g/mol. The van der Waals surface area contributed by atoms with Gasteiger partial charge in [-0.05, 0) is 29.7 Å². The molecule has 2 nitrogen and oxygen atoms in total. The first kappa shape index (κ1) is 14.5. The summed E-state index contributed by atoms with van der Waals surface area (Å²) in [7, 11) is 0.